The summed E-state index contributed by atoms with van der Waals surface area (Å²) in [6, 6.07) is 6.19. The van der Waals surface area contributed by atoms with E-state index in [1.165, 1.54) is 11.1 Å². The molecule has 2 N–H and O–H groups in total. The van der Waals surface area contributed by atoms with Gasteiger partial charge >= 0.3 is 51.4 Å². The van der Waals surface area contributed by atoms with Crippen LogP contribution in [-0.4, -0.2) is 13.1 Å². The van der Waals surface area contributed by atoms with Crippen molar-refractivity contribution in [1.82, 2.24) is 0 Å². The topological polar surface area (TPSA) is 40.1 Å². The smallest absolute Gasteiger partial charge is 0.658 e. The molecule has 1 aromatic carbocycles. The molecule has 0 fully saturated rings. The number of rotatable bonds is 1. The predicted octanol–water partition coefficient (Wildman–Crippen LogP) is -0.258. The van der Waals surface area contributed by atoms with Crippen molar-refractivity contribution in [2.45, 2.75) is 13.3 Å². The number of benzene rings is 1. The van der Waals surface area contributed by atoms with E-state index in [0.717, 1.165) is 30.8 Å². The molecule has 15 heavy (non-hydrogen) atoms. The first-order valence-corrected chi connectivity index (χ1v) is 4.96. The Morgan fingerprint density at radius 2 is 2.13 bits per heavy atom. The second-order valence-corrected chi connectivity index (χ2v) is 3.69. The Morgan fingerprint density at radius 1 is 1.33 bits per heavy atom. The molecular weight excluding hydrogens is 211 g/mol. The van der Waals surface area contributed by atoms with Crippen molar-refractivity contribution in [2.24, 2.45) is 0 Å². The standard InChI is InChI=1S/C12H15N2.K/c1-9-7-10(4-5-12(9)13)11-3-2-6-14-8-11;/h3-5,7H,2,6,8,13H2,1H3;/q-1;+1. The average Bonchev–Trinajstić information content (AvgIpc) is 2.23. The monoisotopic (exact) mass is 226 g/mol. The van der Waals surface area contributed by atoms with Gasteiger partial charge in [-0.15, -0.1) is 13.1 Å². The minimum atomic E-state index is 0. The fourth-order valence-electron chi connectivity index (χ4n) is 1.68. The molecular formula is C12H15KN2. The van der Waals surface area contributed by atoms with Crippen LogP contribution in [-0.2, 0) is 0 Å². The minimum Gasteiger partial charge on any atom is -0.658 e. The molecule has 3 heteroatoms. The Labute approximate surface area is 134 Å². The van der Waals surface area contributed by atoms with Crippen molar-refractivity contribution < 1.29 is 51.4 Å². The van der Waals surface area contributed by atoms with Crippen molar-refractivity contribution in [2.75, 3.05) is 18.8 Å². The first kappa shape index (κ1) is 13.4. The van der Waals surface area contributed by atoms with Crippen molar-refractivity contribution in [3.63, 3.8) is 0 Å². The molecule has 2 nitrogen and oxygen atoms in total. The summed E-state index contributed by atoms with van der Waals surface area (Å²) in [5.41, 5.74) is 10.4. The molecule has 0 atom stereocenters. The molecule has 1 aliphatic rings. The quantitative estimate of drug-likeness (QED) is 0.520. The van der Waals surface area contributed by atoms with E-state index >= 15 is 0 Å². The molecule has 0 unspecified atom stereocenters. The molecule has 0 bridgehead atoms. The molecule has 0 aromatic heterocycles. The van der Waals surface area contributed by atoms with Crippen LogP contribution in [0.15, 0.2) is 24.3 Å². The molecule has 0 spiro atoms. The van der Waals surface area contributed by atoms with Gasteiger partial charge < -0.3 is 11.1 Å². The van der Waals surface area contributed by atoms with E-state index in [1.807, 2.05) is 13.0 Å². The van der Waals surface area contributed by atoms with Gasteiger partial charge in [-0.3, -0.25) is 0 Å². The number of anilines is 1. The van der Waals surface area contributed by atoms with Crippen LogP contribution in [0.3, 0.4) is 0 Å². The maximum absolute atomic E-state index is 5.78. The van der Waals surface area contributed by atoms with Gasteiger partial charge in [-0.25, -0.2) is 0 Å². The average molecular weight is 226 g/mol. The Balaban J connectivity index is 0.00000112. The number of hydrogen-bond acceptors (Lipinski definition) is 1. The molecule has 74 valence electrons. The minimum absolute atomic E-state index is 0. The summed E-state index contributed by atoms with van der Waals surface area (Å²) in [4.78, 5) is 0. The van der Waals surface area contributed by atoms with E-state index in [2.05, 4.69) is 23.5 Å². The van der Waals surface area contributed by atoms with Crippen LogP contribution in [0.25, 0.3) is 10.9 Å². The van der Waals surface area contributed by atoms with Crippen LogP contribution >= 0.6 is 0 Å². The van der Waals surface area contributed by atoms with E-state index in [1.54, 1.807) is 0 Å². The summed E-state index contributed by atoms with van der Waals surface area (Å²) in [7, 11) is 0. The molecule has 1 aromatic rings. The van der Waals surface area contributed by atoms with Gasteiger partial charge in [0.25, 0.3) is 0 Å². The summed E-state index contributed by atoms with van der Waals surface area (Å²) in [5, 5.41) is 4.39. The molecule has 0 saturated carbocycles. The van der Waals surface area contributed by atoms with Crippen molar-refractivity contribution in [3.05, 3.63) is 40.7 Å². The Morgan fingerprint density at radius 3 is 2.73 bits per heavy atom. The fraction of sp³-hybridized carbons (Fsp3) is 0.333. The zero-order valence-electron chi connectivity index (χ0n) is 9.46. The van der Waals surface area contributed by atoms with Gasteiger partial charge in [-0.05, 0) is 30.2 Å². The van der Waals surface area contributed by atoms with Crippen LogP contribution in [0.5, 0.6) is 0 Å². The Kier molecular flexibility index (Phi) is 5.53. The van der Waals surface area contributed by atoms with Gasteiger partial charge in [0.05, 0.1) is 0 Å². The van der Waals surface area contributed by atoms with E-state index < -0.39 is 0 Å². The molecule has 0 saturated heterocycles. The van der Waals surface area contributed by atoms with E-state index in [9.17, 15) is 0 Å². The summed E-state index contributed by atoms with van der Waals surface area (Å²) in [5.74, 6) is 0. The van der Waals surface area contributed by atoms with Gasteiger partial charge in [0.15, 0.2) is 0 Å². The third-order valence-corrected chi connectivity index (χ3v) is 2.60. The van der Waals surface area contributed by atoms with Crippen molar-refractivity contribution in [3.8, 4) is 0 Å². The van der Waals surface area contributed by atoms with Crippen LogP contribution in [0.1, 0.15) is 17.5 Å². The van der Waals surface area contributed by atoms with Gasteiger partial charge in [0, 0.05) is 5.69 Å². The summed E-state index contributed by atoms with van der Waals surface area (Å²) < 4.78 is 0. The second-order valence-electron chi connectivity index (χ2n) is 3.69. The largest absolute Gasteiger partial charge is 1.00 e. The van der Waals surface area contributed by atoms with Gasteiger partial charge in [-0.2, -0.15) is 0 Å². The molecule has 0 aliphatic carbocycles. The van der Waals surface area contributed by atoms with Gasteiger partial charge in [0.2, 0.25) is 0 Å². The Bertz CT molecular complexity index is 372. The zero-order chi connectivity index (χ0) is 9.97. The van der Waals surface area contributed by atoms with Crippen molar-refractivity contribution >= 4 is 11.3 Å². The summed E-state index contributed by atoms with van der Waals surface area (Å²) >= 11 is 0. The van der Waals surface area contributed by atoms with Crippen LogP contribution < -0.4 is 57.1 Å². The first-order valence-electron chi connectivity index (χ1n) is 4.96. The maximum Gasteiger partial charge on any atom is 1.00 e. The van der Waals surface area contributed by atoms with Gasteiger partial charge in [-0.1, -0.05) is 24.1 Å². The van der Waals surface area contributed by atoms with E-state index in [0.29, 0.717) is 0 Å². The molecule has 2 rings (SSSR count). The first-order chi connectivity index (χ1) is 6.77. The van der Waals surface area contributed by atoms with Crippen molar-refractivity contribution in [1.29, 1.82) is 0 Å². The van der Waals surface area contributed by atoms with Crippen LogP contribution in [0.2, 0.25) is 0 Å². The third kappa shape index (κ3) is 3.41. The van der Waals surface area contributed by atoms with Crippen LogP contribution in [0, 0.1) is 6.92 Å². The molecule has 1 aliphatic heterocycles. The predicted molar refractivity (Wildman–Crippen MR) is 61.3 cm³/mol. The number of hydrogen-bond donors (Lipinski definition) is 1. The number of nitrogens with two attached hydrogens (primary N) is 1. The van der Waals surface area contributed by atoms with E-state index in [-0.39, 0.29) is 51.4 Å². The SMILES string of the molecule is Cc1cc(C2=CCC[N-]C2)ccc1N.[K+]. The van der Waals surface area contributed by atoms with E-state index in [4.69, 9.17) is 5.73 Å². The normalized spacial score (nSPS) is 15.4. The fourth-order valence-corrected chi connectivity index (χ4v) is 1.68. The molecule has 0 amide bonds. The third-order valence-electron chi connectivity index (χ3n) is 2.60. The number of aryl methyl sites for hydroxylation is 1. The zero-order valence-corrected chi connectivity index (χ0v) is 12.6. The molecule has 0 radical (unpaired) electrons. The summed E-state index contributed by atoms with van der Waals surface area (Å²) in [6.07, 6.45) is 3.34. The maximum atomic E-state index is 5.78. The van der Waals surface area contributed by atoms with Crippen LogP contribution in [0.4, 0.5) is 5.69 Å². The number of nitrogens with zero attached hydrogens (tertiary/aromatic N) is 1. The number of nitrogen functional groups attached to an aromatic ring is 1. The molecule has 1 heterocycles. The Hall–Kier alpha value is 0.356. The van der Waals surface area contributed by atoms with Gasteiger partial charge in [0.1, 0.15) is 0 Å². The summed E-state index contributed by atoms with van der Waals surface area (Å²) in [6.45, 7) is 3.86. The second kappa shape index (κ2) is 6.18.